The van der Waals surface area contributed by atoms with Gasteiger partial charge in [0, 0.05) is 44.1 Å². The molecule has 1 saturated heterocycles. The van der Waals surface area contributed by atoms with E-state index in [1.54, 1.807) is 12.3 Å². The van der Waals surface area contributed by atoms with E-state index in [0.717, 1.165) is 43.1 Å². The van der Waals surface area contributed by atoms with Gasteiger partial charge in [0.25, 0.3) is 5.91 Å². The number of hydrogen-bond donors (Lipinski definition) is 1. The molecule has 0 unspecified atom stereocenters. The van der Waals surface area contributed by atoms with Gasteiger partial charge >= 0.3 is 0 Å². The van der Waals surface area contributed by atoms with Gasteiger partial charge < -0.3 is 14.5 Å². The number of morpholine rings is 1. The first-order valence-corrected chi connectivity index (χ1v) is 9.09. The third-order valence-electron chi connectivity index (χ3n) is 4.62. The number of anilines is 2. The number of ether oxygens (including phenoxy) is 1. The molecule has 27 heavy (non-hydrogen) atoms. The number of aryl methyl sites for hydroxylation is 1. The lowest BCUT2D eigenvalue weighted by molar-refractivity contribution is 0.0955. The Labute approximate surface area is 160 Å². The van der Waals surface area contributed by atoms with Gasteiger partial charge in [0.1, 0.15) is 0 Å². The lowest BCUT2D eigenvalue weighted by atomic mass is 10.1. The van der Waals surface area contributed by atoms with Gasteiger partial charge in [-0.1, -0.05) is 12.1 Å². The van der Waals surface area contributed by atoms with E-state index >= 15 is 0 Å². The van der Waals surface area contributed by atoms with E-state index in [1.165, 1.54) is 5.69 Å². The SMILES string of the molecule is Cc1cc(N2CCOCC2)ccc1/C=N/NC(=O)c1cccc(N(C)C)c1. The van der Waals surface area contributed by atoms with E-state index in [9.17, 15) is 4.79 Å². The van der Waals surface area contributed by atoms with Crippen LogP contribution in [0.3, 0.4) is 0 Å². The summed E-state index contributed by atoms with van der Waals surface area (Å²) in [6.45, 7) is 5.41. The van der Waals surface area contributed by atoms with Crippen LogP contribution in [0.25, 0.3) is 0 Å². The number of carbonyl (C=O) groups is 1. The monoisotopic (exact) mass is 366 g/mol. The molecule has 6 heteroatoms. The zero-order valence-corrected chi connectivity index (χ0v) is 16.1. The Bertz CT molecular complexity index is 827. The van der Waals surface area contributed by atoms with Gasteiger partial charge in [0.2, 0.25) is 0 Å². The van der Waals surface area contributed by atoms with Crippen molar-refractivity contribution in [3.8, 4) is 0 Å². The highest BCUT2D eigenvalue weighted by Gasteiger charge is 2.12. The van der Waals surface area contributed by atoms with Crippen molar-refractivity contribution >= 4 is 23.5 Å². The maximum absolute atomic E-state index is 12.3. The van der Waals surface area contributed by atoms with Gasteiger partial charge in [-0.2, -0.15) is 5.10 Å². The van der Waals surface area contributed by atoms with Crippen molar-refractivity contribution in [3.05, 3.63) is 59.2 Å². The lowest BCUT2D eigenvalue weighted by Crippen LogP contribution is -2.36. The fourth-order valence-electron chi connectivity index (χ4n) is 2.97. The summed E-state index contributed by atoms with van der Waals surface area (Å²) in [5.74, 6) is -0.225. The lowest BCUT2D eigenvalue weighted by Gasteiger charge is -2.29. The molecule has 142 valence electrons. The number of nitrogens with zero attached hydrogens (tertiary/aromatic N) is 3. The summed E-state index contributed by atoms with van der Waals surface area (Å²) in [5.41, 5.74) is 7.45. The molecule has 1 aliphatic heterocycles. The molecule has 0 aliphatic carbocycles. The third kappa shape index (κ3) is 4.86. The molecular formula is C21H26N4O2. The van der Waals surface area contributed by atoms with E-state index in [0.29, 0.717) is 5.56 Å². The largest absolute Gasteiger partial charge is 0.378 e. The minimum absolute atomic E-state index is 0.225. The van der Waals surface area contributed by atoms with E-state index in [1.807, 2.05) is 50.2 Å². The number of hydrazone groups is 1. The average Bonchev–Trinajstić information content (AvgIpc) is 2.69. The molecule has 1 N–H and O–H groups in total. The standard InChI is InChI=1S/C21H26N4O2/c1-16-13-20(25-9-11-27-12-10-25)8-7-18(16)15-22-23-21(26)17-5-4-6-19(14-17)24(2)3/h4-8,13-15H,9-12H2,1-3H3,(H,23,26)/b22-15+. The van der Waals surface area contributed by atoms with Crippen LogP contribution in [0.4, 0.5) is 11.4 Å². The first-order valence-electron chi connectivity index (χ1n) is 9.09. The number of nitrogens with one attached hydrogen (secondary N) is 1. The maximum atomic E-state index is 12.3. The summed E-state index contributed by atoms with van der Waals surface area (Å²) in [6, 6.07) is 13.7. The van der Waals surface area contributed by atoms with Crippen LogP contribution in [0, 0.1) is 6.92 Å². The van der Waals surface area contributed by atoms with E-state index < -0.39 is 0 Å². The second-order valence-corrected chi connectivity index (χ2v) is 6.78. The zero-order chi connectivity index (χ0) is 19.2. The Morgan fingerprint density at radius 3 is 2.67 bits per heavy atom. The van der Waals surface area contributed by atoms with Crippen molar-refractivity contribution in [1.29, 1.82) is 0 Å². The fourth-order valence-corrected chi connectivity index (χ4v) is 2.97. The molecule has 2 aromatic carbocycles. The zero-order valence-electron chi connectivity index (χ0n) is 16.1. The molecule has 1 aliphatic rings. The predicted molar refractivity (Wildman–Crippen MR) is 110 cm³/mol. The first kappa shape index (κ1) is 18.9. The Kier molecular flexibility index (Phi) is 6.08. The normalized spacial score (nSPS) is 14.4. The Balaban J connectivity index is 1.64. The number of carbonyl (C=O) groups excluding carboxylic acids is 1. The summed E-state index contributed by atoms with van der Waals surface area (Å²) in [6.07, 6.45) is 1.69. The number of amides is 1. The number of hydrogen-bond acceptors (Lipinski definition) is 5. The van der Waals surface area contributed by atoms with Gasteiger partial charge in [0.05, 0.1) is 19.4 Å². The maximum Gasteiger partial charge on any atom is 0.271 e. The van der Waals surface area contributed by atoms with Crippen LogP contribution in [0.5, 0.6) is 0 Å². The van der Waals surface area contributed by atoms with Crippen molar-refractivity contribution in [2.45, 2.75) is 6.92 Å². The van der Waals surface area contributed by atoms with E-state index in [4.69, 9.17) is 4.74 Å². The number of benzene rings is 2. The Hall–Kier alpha value is -2.86. The Morgan fingerprint density at radius 1 is 1.19 bits per heavy atom. The highest BCUT2D eigenvalue weighted by molar-refractivity contribution is 5.95. The van der Waals surface area contributed by atoms with E-state index in [2.05, 4.69) is 27.6 Å². The molecule has 0 radical (unpaired) electrons. The molecule has 2 aromatic rings. The van der Waals surface area contributed by atoms with Gasteiger partial charge in [0.15, 0.2) is 0 Å². The molecule has 0 spiro atoms. The molecule has 0 saturated carbocycles. The van der Waals surface area contributed by atoms with Gasteiger partial charge in [-0.15, -0.1) is 0 Å². The molecule has 3 rings (SSSR count). The van der Waals surface area contributed by atoms with Crippen molar-refractivity contribution in [3.63, 3.8) is 0 Å². The quantitative estimate of drug-likeness (QED) is 0.653. The number of rotatable bonds is 5. The Morgan fingerprint density at radius 2 is 1.96 bits per heavy atom. The molecule has 1 heterocycles. The summed E-state index contributed by atoms with van der Waals surface area (Å²) in [7, 11) is 3.89. The van der Waals surface area contributed by atoms with Crippen molar-refractivity contribution in [2.24, 2.45) is 5.10 Å². The van der Waals surface area contributed by atoms with Gasteiger partial charge in [-0.3, -0.25) is 4.79 Å². The van der Waals surface area contributed by atoms with Crippen molar-refractivity contribution in [2.75, 3.05) is 50.2 Å². The molecule has 0 aromatic heterocycles. The van der Waals surface area contributed by atoms with E-state index in [-0.39, 0.29) is 5.91 Å². The van der Waals surface area contributed by atoms with Gasteiger partial charge in [-0.05, 0) is 48.4 Å². The predicted octanol–water partition coefficient (Wildman–Crippen LogP) is 2.66. The summed E-state index contributed by atoms with van der Waals surface area (Å²) < 4.78 is 5.40. The topological polar surface area (TPSA) is 57.2 Å². The molecule has 1 fully saturated rings. The van der Waals surface area contributed by atoms with Crippen LogP contribution < -0.4 is 15.2 Å². The first-order chi connectivity index (χ1) is 13.0. The second kappa shape index (κ2) is 8.68. The van der Waals surface area contributed by atoms with Crippen LogP contribution in [0.15, 0.2) is 47.6 Å². The molecule has 6 nitrogen and oxygen atoms in total. The molecule has 0 bridgehead atoms. The average molecular weight is 366 g/mol. The van der Waals surface area contributed by atoms with Crippen LogP contribution in [-0.2, 0) is 4.74 Å². The van der Waals surface area contributed by atoms with Crippen LogP contribution in [0.2, 0.25) is 0 Å². The minimum atomic E-state index is -0.225. The third-order valence-corrected chi connectivity index (χ3v) is 4.62. The summed E-state index contributed by atoms with van der Waals surface area (Å²) >= 11 is 0. The van der Waals surface area contributed by atoms with Gasteiger partial charge in [-0.25, -0.2) is 5.43 Å². The minimum Gasteiger partial charge on any atom is -0.378 e. The molecular weight excluding hydrogens is 340 g/mol. The smallest absolute Gasteiger partial charge is 0.271 e. The summed E-state index contributed by atoms with van der Waals surface area (Å²) in [4.78, 5) is 16.6. The highest BCUT2D eigenvalue weighted by atomic mass is 16.5. The second-order valence-electron chi connectivity index (χ2n) is 6.78. The van der Waals surface area contributed by atoms with Crippen LogP contribution in [-0.4, -0.2) is 52.5 Å². The van der Waals surface area contributed by atoms with Crippen LogP contribution >= 0.6 is 0 Å². The fraction of sp³-hybridized carbons (Fsp3) is 0.333. The molecule has 0 atom stereocenters. The van der Waals surface area contributed by atoms with Crippen molar-refractivity contribution in [1.82, 2.24) is 5.43 Å². The van der Waals surface area contributed by atoms with Crippen molar-refractivity contribution < 1.29 is 9.53 Å². The highest BCUT2D eigenvalue weighted by Crippen LogP contribution is 2.19. The van der Waals surface area contributed by atoms with Crippen LogP contribution in [0.1, 0.15) is 21.5 Å². The molecule has 1 amide bonds. The summed E-state index contributed by atoms with van der Waals surface area (Å²) in [5, 5.41) is 4.12.